The summed E-state index contributed by atoms with van der Waals surface area (Å²) in [4.78, 5) is 17.0. The summed E-state index contributed by atoms with van der Waals surface area (Å²) >= 11 is 12.0. The van der Waals surface area contributed by atoms with Crippen LogP contribution in [0.15, 0.2) is 24.3 Å². The van der Waals surface area contributed by atoms with E-state index in [4.69, 9.17) is 23.2 Å². The van der Waals surface area contributed by atoms with Gasteiger partial charge in [0.05, 0.1) is 17.8 Å². The largest absolute Gasteiger partial charge is 0.363 e. The van der Waals surface area contributed by atoms with E-state index in [1.807, 2.05) is 24.7 Å². The number of rotatable bonds is 6. The first kappa shape index (κ1) is 19.6. The molecule has 1 aromatic carbocycles. The first-order valence-corrected chi connectivity index (χ1v) is 9.55. The van der Waals surface area contributed by atoms with Gasteiger partial charge < -0.3 is 5.32 Å². The molecule has 0 bridgehead atoms. The molecule has 0 amide bonds. The van der Waals surface area contributed by atoms with Crippen molar-refractivity contribution in [3.8, 4) is 0 Å². The highest BCUT2D eigenvalue weighted by Crippen LogP contribution is 2.28. The molecule has 0 fully saturated rings. The van der Waals surface area contributed by atoms with E-state index in [2.05, 4.69) is 29.2 Å². The third kappa shape index (κ3) is 4.42. The number of carbonyl (C=O) groups excluding carboxylic acids is 1. The number of pyridine rings is 1. The highest BCUT2D eigenvalue weighted by Gasteiger charge is 2.16. The Morgan fingerprint density at radius 1 is 1.19 bits per heavy atom. The molecule has 27 heavy (non-hydrogen) atoms. The molecule has 0 aliphatic rings. The number of Topliss-reactive ketones (excluding diaryl/α,β-unsaturated/α-hetero) is 1. The molecule has 1 N–H and O–H groups in total. The van der Waals surface area contributed by atoms with Gasteiger partial charge in [0.15, 0.2) is 5.78 Å². The number of halogens is 2. The predicted molar refractivity (Wildman–Crippen MR) is 111 cm³/mol. The Labute approximate surface area is 168 Å². The monoisotopic (exact) mass is 404 g/mol. The average molecular weight is 405 g/mol. The smallest absolute Gasteiger partial charge is 0.156 e. The van der Waals surface area contributed by atoms with Gasteiger partial charge in [-0.1, -0.05) is 37.0 Å². The second kappa shape index (κ2) is 7.87. The summed E-state index contributed by atoms with van der Waals surface area (Å²) in [5, 5.41) is 8.68. The van der Waals surface area contributed by atoms with Crippen molar-refractivity contribution in [2.24, 2.45) is 7.05 Å². The maximum absolute atomic E-state index is 12.4. The highest BCUT2D eigenvalue weighted by molar-refractivity contribution is 6.34. The number of nitrogens with zero attached hydrogens (tertiary/aromatic N) is 3. The van der Waals surface area contributed by atoms with Crippen molar-refractivity contribution in [1.82, 2.24) is 14.8 Å². The molecule has 0 radical (unpaired) electrons. The van der Waals surface area contributed by atoms with Crippen molar-refractivity contribution in [2.75, 3.05) is 11.9 Å². The number of carbonyl (C=O) groups is 1. The molecule has 3 aromatic rings. The summed E-state index contributed by atoms with van der Waals surface area (Å²) in [6, 6.07) is 7.16. The van der Waals surface area contributed by atoms with E-state index in [-0.39, 0.29) is 18.7 Å². The maximum Gasteiger partial charge on any atom is 0.156 e. The van der Waals surface area contributed by atoms with Gasteiger partial charge >= 0.3 is 0 Å². The van der Waals surface area contributed by atoms with Gasteiger partial charge in [0, 0.05) is 23.5 Å². The zero-order valence-corrected chi connectivity index (χ0v) is 17.3. The van der Waals surface area contributed by atoms with E-state index in [0.717, 1.165) is 27.9 Å². The van der Waals surface area contributed by atoms with Crippen LogP contribution in [-0.4, -0.2) is 27.1 Å². The minimum Gasteiger partial charge on any atom is -0.363 e. The molecule has 2 heterocycles. The summed E-state index contributed by atoms with van der Waals surface area (Å²) in [5.74, 6) is 1.03. The van der Waals surface area contributed by atoms with Gasteiger partial charge in [-0.15, -0.1) is 0 Å². The zero-order valence-electron chi connectivity index (χ0n) is 15.8. The van der Waals surface area contributed by atoms with Crippen LogP contribution >= 0.6 is 23.2 Å². The summed E-state index contributed by atoms with van der Waals surface area (Å²) < 4.78 is 1.87. The quantitative estimate of drug-likeness (QED) is 0.632. The van der Waals surface area contributed by atoms with Crippen LogP contribution in [0.2, 0.25) is 10.0 Å². The summed E-state index contributed by atoms with van der Waals surface area (Å²) in [5.41, 5.74) is 4.72. The minimum atomic E-state index is 0.0317. The SMILES string of the molecule is Cc1nn(C)c2c(C(C)C)cc(NCC(=O)Cc3cc(Cl)cc(Cl)c3)nc12. The van der Waals surface area contributed by atoms with Crippen LogP contribution in [0.1, 0.15) is 36.6 Å². The highest BCUT2D eigenvalue weighted by atomic mass is 35.5. The number of aryl methyl sites for hydroxylation is 2. The van der Waals surface area contributed by atoms with Crippen molar-refractivity contribution < 1.29 is 4.79 Å². The molecule has 3 rings (SSSR count). The Morgan fingerprint density at radius 2 is 1.85 bits per heavy atom. The number of benzene rings is 1. The fourth-order valence-electron chi connectivity index (χ4n) is 3.20. The van der Waals surface area contributed by atoms with Crippen LogP contribution in [0.25, 0.3) is 11.0 Å². The Morgan fingerprint density at radius 3 is 2.48 bits per heavy atom. The number of hydrogen-bond donors (Lipinski definition) is 1. The summed E-state index contributed by atoms with van der Waals surface area (Å²) in [7, 11) is 1.93. The Balaban J connectivity index is 1.78. The van der Waals surface area contributed by atoms with E-state index < -0.39 is 0 Å². The van der Waals surface area contributed by atoms with Crippen LogP contribution in [0, 0.1) is 6.92 Å². The molecular weight excluding hydrogens is 383 g/mol. The van der Waals surface area contributed by atoms with Crippen molar-refractivity contribution in [1.29, 1.82) is 0 Å². The second-order valence-corrected chi connectivity index (χ2v) is 7.88. The van der Waals surface area contributed by atoms with Crippen molar-refractivity contribution in [2.45, 2.75) is 33.1 Å². The van der Waals surface area contributed by atoms with Gasteiger partial charge in [-0.25, -0.2) is 4.98 Å². The standard InChI is InChI=1S/C20H22Cl2N4O/c1-11(2)17-9-18(24-19-12(3)25-26(4)20(17)19)23-10-16(27)7-13-5-14(21)8-15(22)6-13/h5-6,8-9,11H,7,10H2,1-4H3,(H,23,24). The first-order chi connectivity index (χ1) is 12.7. The van der Waals surface area contributed by atoms with E-state index in [9.17, 15) is 4.79 Å². The van der Waals surface area contributed by atoms with Crippen LogP contribution in [-0.2, 0) is 18.3 Å². The Kier molecular flexibility index (Phi) is 5.72. The van der Waals surface area contributed by atoms with Gasteiger partial charge in [-0.3, -0.25) is 9.48 Å². The molecule has 2 aromatic heterocycles. The van der Waals surface area contributed by atoms with Gasteiger partial charge in [0.2, 0.25) is 0 Å². The van der Waals surface area contributed by atoms with Gasteiger partial charge in [0.1, 0.15) is 11.3 Å². The van der Waals surface area contributed by atoms with Crippen LogP contribution in [0.3, 0.4) is 0 Å². The molecule has 0 saturated heterocycles. The lowest BCUT2D eigenvalue weighted by Gasteiger charge is -2.12. The lowest BCUT2D eigenvalue weighted by molar-refractivity contribution is -0.116. The lowest BCUT2D eigenvalue weighted by atomic mass is 10.0. The number of anilines is 1. The molecule has 0 spiro atoms. The van der Waals surface area contributed by atoms with Gasteiger partial charge in [-0.05, 0) is 48.2 Å². The normalized spacial score (nSPS) is 11.4. The maximum atomic E-state index is 12.4. The third-order valence-corrected chi connectivity index (χ3v) is 4.84. The number of ketones is 1. The lowest BCUT2D eigenvalue weighted by Crippen LogP contribution is -2.17. The molecule has 0 saturated carbocycles. The number of hydrogen-bond acceptors (Lipinski definition) is 4. The van der Waals surface area contributed by atoms with Crippen molar-refractivity contribution in [3.05, 3.63) is 51.1 Å². The van der Waals surface area contributed by atoms with E-state index in [1.54, 1.807) is 18.2 Å². The van der Waals surface area contributed by atoms with Crippen molar-refractivity contribution in [3.63, 3.8) is 0 Å². The molecule has 0 aliphatic heterocycles. The number of nitrogens with one attached hydrogen (secondary N) is 1. The zero-order chi connectivity index (χ0) is 19.7. The molecule has 7 heteroatoms. The topological polar surface area (TPSA) is 59.8 Å². The van der Waals surface area contributed by atoms with E-state index >= 15 is 0 Å². The van der Waals surface area contributed by atoms with Gasteiger partial charge in [0.25, 0.3) is 0 Å². The fourth-order valence-corrected chi connectivity index (χ4v) is 3.77. The molecule has 0 aliphatic carbocycles. The van der Waals surface area contributed by atoms with Crippen molar-refractivity contribution >= 4 is 45.8 Å². The first-order valence-electron chi connectivity index (χ1n) is 8.79. The summed E-state index contributed by atoms with van der Waals surface area (Å²) in [6.07, 6.45) is 0.262. The fraction of sp³-hybridized carbons (Fsp3) is 0.350. The minimum absolute atomic E-state index is 0.0317. The molecule has 0 atom stereocenters. The molecular formula is C20H22Cl2N4O. The Hall–Kier alpha value is -2.11. The van der Waals surface area contributed by atoms with E-state index in [1.165, 1.54) is 0 Å². The van der Waals surface area contributed by atoms with Crippen LogP contribution in [0.5, 0.6) is 0 Å². The van der Waals surface area contributed by atoms with E-state index in [0.29, 0.717) is 21.8 Å². The van der Waals surface area contributed by atoms with Gasteiger partial charge in [-0.2, -0.15) is 5.10 Å². The molecule has 5 nitrogen and oxygen atoms in total. The average Bonchev–Trinajstić information content (AvgIpc) is 2.85. The van der Waals surface area contributed by atoms with Crippen LogP contribution in [0.4, 0.5) is 5.82 Å². The number of fused-ring (bicyclic) bond motifs is 1. The second-order valence-electron chi connectivity index (χ2n) is 7.00. The predicted octanol–water partition coefficient (Wildman–Crippen LogP) is 4.93. The number of aromatic nitrogens is 3. The Bertz CT molecular complexity index is 991. The molecule has 0 unspecified atom stereocenters. The van der Waals surface area contributed by atoms with Crippen LogP contribution < -0.4 is 5.32 Å². The third-order valence-electron chi connectivity index (χ3n) is 4.40. The molecule has 142 valence electrons. The summed E-state index contributed by atoms with van der Waals surface area (Å²) in [6.45, 7) is 6.39.